The highest BCUT2D eigenvalue weighted by molar-refractivity contribution is 7.89. The maximum absolute atomic E-state index is 13.3. The average Bonchev–Trinajstić information content (AvgIpc) is 2.56. The molecule has 5 nitrogen and oxygen atoms in total. The summed E-state index contributed by atoms with van der Waals surface area (Å²) < 4.78 is 27.5. The van der Waals surface area contributed by atoms with E-state index in [2.05, 4.69) is 0 Å². The van der Waals surface area contributed by atoms with Crippen molar-refractivity contribution in [2.45, 2.75) is 31.3 Å². The fourth-order valence-corrected chi connectivity index (χ4v) is 5.08. The lowest BCUT2D eigenvalue weighted by Gasteiger charge is -2.31. The number of hydrogen-bond donors (Lipinski definition) is 1. The Hall–Kier alpha value is -1.60. The van der Waals surface area contributed by atoms with Crippen molar-refractivity contribution < 1.29 is 18.3 Å². The SMILES string of the molecule is CC(C)[C@@H](C(=O)O)N(Cc1ccccc1)S(=O)(=O)c1cc(Cl)ccc1Cl. The van der Waals surface area contributed by atoms with Crippen molar-refractivity contribution in [3.63, 3.8) is 0 Å². The van der Waals surface area contributed by atoms with Crippen molar-refractivity contribution in [1.82, 2.24) is 4.31 Å². The lowest BCUT2D eigenvalue weighted by molar-refractivity contribution is -0.143. The summed E-state index contributed by atoms with van der Waals surface area (Å²) in [5, 5.41) is 9.85. The van der Waals surface area contributed by atoms with Crippen LogP contribution in [0.15, 0.2) is 53.4 Å². The van der Waals surface area contributed by atoms with Gasteiger partial charge in [-0.15, -0.1) is 0 Å². The second-order valence-corrected chi connectivity index (χ2v) is 8.84. The summed E-state index contributed by atoms with van der Waals surface area (Å²) >= 11 is 12.0. The van der Waals surface area contributed by atoms with E-state index in [9.17, 15) is 18.3 Å². The first-order valence-electron chi connectivity index (χ1n) is 7.88. The molecule has 0 aromatic heterocycles. The minimum Gasteiger partial charge on any atom is -0.480 e. The Morgan fingerprint density at radius 1 is 1.12 bits per heavy atom. The molecule has 0 spiro atoms. The third-order valence-electron chi connectivity index (χ3n) is 3.86. The van der Waals surface area contributed by atoms with Crippen LogP contribution in [0.3, 0.4) is 0 Å². The first-order chi connectivity index (χ1) is 12.1. The predicted molar refractivity (Wildman–Crippen MR) is 102 cm³/mol. The molecule has 0 aliphatic carbocycles. The van der Waals surface area contributed by atoms with Crippen molar-refractivity contribution in [1.29, 1.82) is 0 Å². The second kappa shape index (κ2) is 8.39. The molecule has 0 saturated heterocycles. The van der Waals surface area contributed by atoms with Crippen LogP contribution >= 0.6 is 23.2 Å². The normalized spacial score (nSPS) is 13.2. The molecule has 8 heteroatoms. The highest BCUT2D eigenvalue weighted by Gasteiger charge is 2.39. The summed E-state index contributed by atoms with van der Waals surface area (Å²) in [5.41, 5.74) is 0.668. The van der Waals surface area contributed by atoms with Gasteiger partial charge in [-0.1, -0.05) is 67.4 Å². The molecule has 140 valence electrons. The van der Waals surface area contributed by atoms with Crippen LogP contribution < -0.4 is 0 Å². The van der Waals surface area contributed by atoms with E-state index in [1.807, 2.05) is 0 Å². The first-order valence-corrected chi connectivity index (χ1v) is 10.1. The molecule has 0 heterocycles. The number of carboxylic acids is 1. The van der Waals surface area contributed by atoms with Gasteiger partial charge in [-0.2, -0.15) is 4.31 Å². The smallest absolute Gasteiger partial charge is 0.322 e. The fourth-order valence-electron chi connectivity index (χ4n) is 2.64. The molecule has 0 aliphatic rings. The van der Waals surface area contributed by atoms with Gasteiger partial charge in [0, 0.05) is 11.6 Å². The van der Waals surface area contributed by atoms with Gasteiger partial charge in [0.15, 0.2) is 0 Å². The van der Waals surface area contributed by atoms with E-state index in [1.165, 1.54) is 18.2 Å². The molecule has 0 bridgehead atoms. The van der Waals surface area contributed by atoms with Crippen molar-refractivity contribution in [2.75, 3.05) is 0 Å². The second-order valence-electron chi connectivity index (χ2n) is 6.14. The number of benzene rings is 2. The first kappa shape index (κ1) is 20.7. The maximum atomic E-state index is 13.3. The number of rotatable bonds is 7. The van der Waals surface area contributed by atoms with Crippen LogP contribution in [0.2, 0.25) is 10.0 Å². The van der Waals surface area contributed by atoms with Crippen LogP contribution in [0.25, 0.3) is 0 Å². The Balaban J connectivity index is 2.61. The maximum Gasteiger partial charge on any atom is 0.322 e. The number of aliphatic carboxylic acids is 1. The number of nitrogens with zero attached hydrogens (tertiary/aromatic N) is 1. The lowest BCUT2D eigenvalue weighted by atomic mass is 10.0. The van der Waals surface area contributed by atoms with Crippen LogP contribution in [0.1, 0.15) is 19.4 Å². The highest BCUT2D eigenvalue weighted by atomic mass is 35.5. The third-order valence-corrected chi connectivity index (χ3v) is 6.40. The molecule has 0 unspecified atom stereocenters. The Labute approximate surface area is 163 Å². The van der Waals surface area contributed by atoms with Crippen molar-refractivity contribution >= 4 is 39.2 Å². The van der Waals surface area contributed by atoms with Crippen molar-refractivity contribution in [3.05, 3.63) is 64.1 Å². The van der Waals surface area contributed by atoms with Gasteiger partial charge in [0.1, 0.15) is 10.9 Å². The number of hydrogen-bond acceptors (Lipinski definition) is 3. The molecule has 0 radical (unpaired) electrons. The van der Waals surface area contributed by atoms with Gasteiger partial charge < -0.3 is 5.11 Å². The van der Waals surface area contributed by atoms with Gasteiger partial charge >= 0.3 is 5.97 Å². The zero-order valence-corrected chi connectivity index (χ0v) is 16.6. The van der Waals surface area contributed by atoms with Crippen molar-refractivity contribution in [3.8, 4) is 0 Å². The molecule has 1 atom stereocenters. The Bertz CT molecular complexity index is 885. The summed E-state index contributed by atoms with van der Waals surface area (Å²) in [6.45, 7) is 3.22. The molecule has 0 fully saturated rings. The summed E-state index contributed by atoms with van der Waals surface area (Å²) in [6.07, 6.45) is 0. The van der Waals surface area contributed by atoms with Gasteiger partial charge in [-0.25, -0.2) is 8.42 Å². The predicted octanol–water partition coefficient (Wildman–Crippen LogP) is 4.29. The lowest BCUT2D eigenvalue weighted by Crippen LogP contribution is -2.47. The van der Waals surface area contributed by atoms with Crippen LogP contribution in [0.4, 0.5) is 0 Å². The Kier molecular flexibility index (Phi) is 6.69. The van der Waals surface area contributed by atoms with Crippen LogP contribution in [0.5, 0.6) is 0 Å². The minimum atomic E-state index is -4.21. The molecule has 1 N–H and O–H groups in total. The van der Waals surface area contributed by atoms with Gasteiger partial charge in [-0.05, 0) is 29.7 Å². The van der Waals surface area contributed by atoms with E-state index in [1.54, 1.807) is 44.2 Å². The van der Waals surface area contributed by atoms with Crippen molar-refractivity contribution in [2.24, 2.45) is 5.92 Å². The van der Waals surface area contributed by atoms with Gasteiger partial charge in [-0.3, -0.25) is 4.79 Å². The van der Waals surface area contributed by atoms with E-state index >= 15 is 0 Å². The molecule has 0 amide bonds. The monoisotopic (exact) mass is 415 g/mol. The number of sulfonamides is 1. The van der Waals surface area contributed by atoms with E-state index in [0.29, 0.717) is 5.56 Å². The molecule has 2 rings (SSSR count). The fraction of sp³-hybridized carbons (Fsp3) is 0.278. The number of carbonyl (C=O) groups is 1. The van der Waals surface area contributed by atoms with Crippen LogP contribution in [-0.2, 0) is 21.4 Å². The molecule has 0 saturated carbocycles. The summed E-state index contributed by atoms with van der Waals surface area (Å²) in [5.74, 6) is -1.68. The summed E-state index contributed by atoms with van der Waals surface area (Å²) in [7, 11) is -4.21. The number of carboxylic acid groups (broad SMARTS) is 1. The Morgan fingerprint density at radius 2 is 1.73 bits per heavy atom. The summed E-state index contributed by atoms with van der Waals surface area (Å²) in [4.78, 5) is 11.6. The molecule has 26 heavy (non-hydrogen) atoms. The standard InChI is InChI=1S/C18H19Cl2NO4S/c1-12(2)17(18(22)23)21(11-13-6-4-3-5-7-13)26(24,25)16-10-14(19)8-9-15(16)20/h3-10,12,17H,11H2,1-2H3,(H,22,23)/t17-/m0/s1. The van der Waals surface area contributed by atoms with Gasteiger partial charge in [0.05, 0.1) is 5.02 Å². The van der Waals surface area contributed by atoms with Gasteiger partial charge in [0.25, 0.3) is 0 Å². The molecular formula is C18H19Cl2NO4S. The third kappa shape index (κ3) is 4.57. The zero-order valence-electron chi connectivity index (χ0n) is 14.3. The summed E-state index contributed by atoms with van der Waals surface area (Å²) in [6, 6.07) is 11.6. The van der Waals surface area contributed by atoms with Gasteiger partial charge in [0.2, 0.25) is 10.0 Å². The number of halogens is 2. The quantitative estimate of drug-likeness (QED) is 0.731. The van der Waals surface area contributed by atoms with E-state index in [0.717, 1.165) is 4.31 Å². The van der Waals surface area contributed by atoms with Crippen LogP contribution in [0, 0.1) is 5.92 Å². The molecule has 0 aliphatic heterocycles. The van der Waals surface area contributed by atoms with E-state index in [-0.39, 0.29) is 21.5 Å². The largest absolute Gasteiger partial charge is 0.480 e. The average molecular weight is 416 g/mol. The zero-order chi connectivity index (χ0) is 19.5. The molecular weight excluding hydrogens is 397 g/mol. The highest BCUT2D eigenvalue weighted by Crippen LogP contribution is 2.31. The molecule has 2 aromatic rings. The van der Waals surface area contributed by atoms with E-state index < -0.39 is 28.0 Å². The molecule has 2 aromatic carbocycles. The topological polar surface area (TPSA) is 74.7 Å². The van der Waals surface area contributed by atoms with Crippen LogP contribution in [-0.4, -0.2) is 29.8 Å². The minimum absolute atomic E-state index is 0.0136. The Morgan fingerprint density at radius 3 is 2.27 bits per heavy atom. The van der Waals surface area contributed by atoms with E-state index in [4.69, 9.17) is 23.2 Å².